The maximum Gasteiger partial charge on any atom is 0.165 e. The fourth-order valence-corrected chi connectivity index (χ4v) is 5.56. The van der Waals surface area contributed by atoms with Gasteiger partial charge in [0.25, 0.3) is 0 Å². The molecule has 0 spiro atoms. The zero-order chi connectivity index (χ0) is 25.8. The van der Waals surface area contributed by atoms with Crippen LogP contribution < -0.4 is 4.74 Å². The van der Waals surface area contributed by atoms with E-state index in [1.165, 1.54) is 11.1 Å². The molecule has 5 rings (SSSR count). The fourth-order valence-electron chi connectivity index (χ4n) is 5.56. The number of morpholine rings is 1. The van der Waals surface area contributed by atoms with Gasteiger partial charge in [-0.3, -0.25) is 9.80 Å². The van der Waals surface area contributed by atoms with Gasteiger partial charge in [0.2, 0.25) is 0 Å². The van der Waals surface area contributed by atoms with Crippen LogP contribution in [0.1, 0.15) is 40.6 Å². The van der Waals surface area contributed by atoms with Crippen molar-refractivity contribution >= 4 is 0 Å². The fraction of sp³-hybridized carbons (Fsp3) is 0.433. The number of hydrogen-bond donors (Lipinski definition) is 0. The van der Waals surface area contributed by atoms with Crippen molar-refractivity contribution in [3.05, 3.63) is 70.4 Å². The molecule has 1 fully saturated rings. The van der Waals surface area contributed by atoms with E-state index in [-0.39, 0.29) is 18.2 Å². The quantitative estimate of drug-likeness (QED) is 0.386. The first-order valence-electron chi connectivity index (χ1n) is 13.0. The van der Waals surface area contributed by atoms with E-state index in [9.17, 15) is 4.39 Å². The van der Waals surface area contributed by atoms with Gasteiger partial charge in [0, 0.05) is 44.3 Å². The molecule has 6 nitrogen and oxygen atoms in total. The molecular formula is C30H34FN3O3. The highest BCUT2D eigenvalue weighted by molar-refractivity contribution is 5.69. The van der Waals surface area contributed by atoms with E-state index in [0.717, 1.165) is 86.9 Å². The van der Waals surface area contributed by atoms with Gasteiger partial charge in [-0.05, 0) is 67.1 Å². The summed E-state index contributed by atoms with van der Waals surface area (Å²) in [6, 6.07) is 12.2. The molecule has 1 aromatic heterocycles. The maximum absolute atomic E-state index is 14.5. The molecule has 1 unspecified atom stereocenters. The third-order valence-corrected chi connectivity index (χ3v) is 7.46. The summed E-state index contributed by atoms with van der Waals surface area (Å²) in [5, 5.41) is 4.14. The van der Waals surface area contributed by atoms with Crippen molar-refractivity contribution in [1.82, 2.24) is 15.0 Å². The van der Waals surface area contributed by atoms with Crippen molar-refractivity contribution < 1.29 is 18.4 Å². The minimum Gasteiger partial charge on any atom is -0.478 e. The molecule has 194 valence electrons. The van der Waals surface area contributed by atoms with Crippen LogP contribution in [-0.4, -0.2) is 61.0 Å². The second kappa shape index (κ2) is 11.5. The van der Waals surface area contributed by atoms with Crippen LogP contribution in [0, 0.1) is 32.0 Å². The largest absolute Gasteiger partial charge is 0.478 e. The van der Waals surface area contributed by atoms with Gasteiger partial charge >= 0.3 is 0 Å². The molecule has 0 bridgehead atoms. The number of terminal acetylenes is 1. The van der Waals surface area contributed by atoms with E-state index in [1.54, 1.807) is 12.1 Å². The van der Waals surface area contributed by atoms with Gasteiger partial charge in [-0.2, -0.15) is 0 Å². The van der Waals surface area contributed by atoms with E-state index in [1.807, 2.05) is 19.9 Å². The topological polar surface area (TPSA) is 51.0 Å². The molecule has 0 amide bonds. The summed E-state index contributed by atoms with van der Waals surface area (Å²) in [6.45, 7) is 10.3. The van der Waals surface area contributed by atoms with Crippen molar-refractivity contribution in [3.8, 4) is 29.2 Å². The van der Waals surface area contributed by atoms with Crippen molar-refractivity contribution in [3.63, 3.8) is 0 Å². The van der Waals surface area contributed by atoms with Gasteiger partial charge in [-0.1, -0.05) is 29.3 Å². The first-order valence-corrected chi connectivity index (χ1v) is 13.0. The Morgan fingerprint density at radius 2 is 1.97 bits per heavy atom. The summed E-state index contributed by atoms with van der Waals surface area (Å²) in [5.74, 6) is 3.04. The molecule has 37 heavy (non-hydrogen) atoms. The molecule has 1 atom stereocenters. The zero-order valence-corrected chi connectivity index (χ0v) is 21.6. The first kappa shape index (κ1) is 25.5. The third kappa shape index (κ3) is 5.72. The van der Waals surface area contributed by atoms with Crippen LogP contribution in [-0.2, 0) is 17.7 Å². The Morgan fingerprint density at radius 3 is 2.70 bits per heavy atom. The van der Waals surface area contributed by atoms with Gasteiger partial charge in [0.15, 0.2) is 11.6 Å². The molecule has 2 aliphatic heterocycles. The molecule has 1 saturated heterocycles. The number of halogens is 1. The van der Waals surface area contributed by atoms with Gasteiger partial charge in [-0.25, -0.2) is 4.39 Å². The minimum absolute atomic E-state index is 0.0586. The number of nitrogens with zero attached hydrogens (tertiary/aromatic N) is 3. The summed E-state index contributed by atoms with van der Waals surface area (Å²) in [4.78, 5) is 5.02. The van der Waals surface area contributed by atoms with Crippen LogP contribution in [0.25, 0.3) is 11.1 Å². The predicted molar refractivity (Wildman–Crippen MR) is 141 cm³/mol. The van der Waals surface area contributed by atoms with Crippen LogP contribution in [0.5, 0.6) is 5.75 Å². The zero-order valence-electron chi connectivity index (χ0n) is 21.6. The van der Waals surface area contributed by atoms with Crippen molar-refractivity contribution in [2.45, 2.75) is 39.3 Å². The van der Waals surface area contributed by atoms with Gasteiger partial charge < -0.3 is 14.0 Å². The van der Waals surface area contributed by atoms with E-state index >= 15 is 0 Å². The Balaban J connectivity index is 1.33. The molecular weight excluding hydrogens is 469 g/mol. The minimum atomic E-state index is -0.370. The summed E-state index contributed by atoms with van der Waals surface area (Å²) in [5.41, 5.74) is 6.81. The lowest BCUT2D eigenvalue weighted by Gasteiger charge is -2.30. The Morgan fingerprint density at radius 1 is 1.14 bits per heavy atom. The second-order valence-corrected chi connectivity index (χ2v) is 9.85. The van der Waals surface area contributed by atoms with E-state index in [2.05, 4.69) is 39.1 Å². The molecule has 0 saturated carbocycles. The number of aromatic nitrogens is 1. The lowest BCUT2D eigenvalue weighted by molar-refractivity contribution is 0.0333. The van der Waals surface area contributed by atoms with Crippen LogP contribution in [0.4, 0.5) is 4.39 Å². The van der Waals surface area contributed by atoms with Gasteiger partial charge in [0.1, 0.15) is 12.4 Å². The SMILES string of the molecule is C#CCOc1ccc(CCN2Cc3cc(-c4c(C)noc4C)ccc3C2CCN2CCOCC2)cc1F. The first-order chi connectivity index (χ1) is 18.0. The third-order valence-electron chi connectivity index (χ3n) is 7.46. The maximum atomic E-state index is 14.5. The predicted octanol–water partition coefficient (Wildman–Crippen LogP) is 4.93. The lowest BCUT2D eigenvalue weighted by Crippen LogP contribution is -2.38. The van der Waals surface area contributed by atoms with Crippen LogP contribution in [0.2, 0.25) is 0 Å². The van der Waals surface area contributed by atoms with Crippen LogP contribution in [0.3, 0.4) is 0 Å². The average molecular weight is 504 g/mol. The Bertz CT molecular complexity index is 1260. The normalized spacial score (nSPS) is 18.1. The van der Waals surface area contributed by atoms with Crippen LogP contribution in [0.15, 0.2) is 40.9 Å². The smallest absolute Gasteiger partial charge is 0.165 e. The average Bonchev–Trinajstić information content (AvgIpc) is 3.43. The molecule has 2 aromatic carbocycles. The van der Waals surface area contributed by atoms with Crippen molar-refractivity contribution in [1.29, 1.82) is 0 Å². The summed E-state index contributed by atoms with van der Waals surface area (Å²) in [7, 11) is 0. The lowest BCUT2D eigenvalue weighted by atomic mass is 9.96. The van der Waals surface area contributed by atoms with Crippen LogP contribution >= 0.6 is 0 Å². The number of ether oxygens (including phenoxy) is 2. The molecule has 0 radical (unpaired) electrons. The van der Waals surface area contributed by atoms with E-state index in [4.69, 9.17) is 20.4 Å². The molecule has 3 aromatic rings. The van der Waals surface area contributed by atoms with Crippen molar-refractivity contribution in [2.24, 2.45) is 0 Å². The highest BCUT2D eigenvalue weighted by atomic mass is 19.1. The molecule has 0 aliphatic carbocycles. The van der Waals surface area contributed by atoms with Gasteiger partial charge in [0.05, 0.1) is 18.9 Å². The number of benzene rings is 2. The summed E-state index contributed by atoms with van der Waals surface area (Å²) in [6.07, 6.45) is 7.03. The Hall–Kier alpha value is -3.18. The Labute approximate surface area is 218 Å². The highest BCUT2D eigenvalue weighted by Crippen LogP contribution is 2.39. The standard InChI is InChI=1S/C30H34FN3O3/c1-4-15-36-29-8-5-23(18-27(29)31)9-12-34-20-25-19-24(30-21(2)32-37-22(30)3)6-7-26(25)28(34)10-11-33-13-16-35-17-14-33/h1,5-8,18-19,28H,9-17,20H2,2-3H3. The number of rotatable bonds is 9. The molecule has 3 heterocycles. The number of aryl methyl sites for hydroxylation is 2. The van der Waals surface area contributed by atoms with E-state index < -0.39 is 0 Å². The molecule has 0 N–H and O–H groups in total. The number of hydrogen-bond acceptors (Lipinski definition) is 6. The second-order valence-electron chi connectivity index (χ2n) is 9.85. The van der Waals surface area contributed by atoms with Crippen molar-refractivity contribution in [2.75, 3.05) is 46.0 Å². The van der Waals surface area contributed by atoms with Gasteiger partial charge in [-0.15, -0.1) is 6.42 Å². The summed E-state index contributed by atoms with van der Waals surface area (Å²) >= 11 is 0. The monoisotopic (exact) mass is 503 g/mol. The number of fused-ring (bicyclic) bond motifs is 1. The molecule has 2 aliphatic rings. The highest BCUT2D eigenvalue weighted by Gasteiger charge is 2.31. The van der Waals surface area contributed by atoms with E-state index in [0.29, 0.717) is 6.04 Å². The summed E-state index contributed by atoms with van der Waals surface area (Å²) < 4.78 is 30.7. The molecule has 7 heteroatoms. The Kier molecular flexibility index (Phi) is 7.90.